The minimum Gasteiger partial charge on any atom is -0.350 e. The van der Waals surface area contributed by atoms with Crippen molar-refractivity contribution in [2.45, 2.75) is 31.2 Å². The molecule has 0 saturated heterocycles. The van der Waals surface area contributed by atoms with E-state index in [0.717, 1.165) is 0 Å². The SMILES string of the molecule is CCC(C)NC(=O)c1cc([N+](=O)[O-])c(F)c(S(=O)(=O)Cl)c1. The van der Waals surface area contributed by atoms with Crippen LogP contribution in [0.15, 0.2) is 17.0 Å². The summed E-state index contributed by atoms with van der Waals surface area (Å²) in [6, 6.07) is 1.10. The van der Waals surface area contributed by atoms with Gasteiger partial charge in [0, 0.05) is 28.4 Å². The first-order valence-corrected chi connectivity index (χ1v) is 8.12. The molecular formula is C11H12ClFN2O5S. The van der Waals surface area contributed by atoms with Crippen molar-refractivity contribution in [3.8, 4) is 0 Å². The molecule has 0 aliphatic heterocycles. The highest BCUT2D eigenvalue weighted by molar-refractivity contribution is 8.13. The van der Waals surface area contributed by atoms with E-state index in [1.165, 1.54) is 0 Å². The van der Waals surface area contributed by atoms with E-state index in [1.807, 2.05) is 0 Å². The smallest absolute Gasteiger partial charge is 0.307 e. The summed E-state index contributed by atoms with van der Waals surface area (Å²) in [7, 11) is 0.461. The fourth-order valence-electron chi connectivity index (χ4n) is 1.43. The van der Waals surface area contributed by atoms with Gasteiger partial charge in [-0.3, -0.25) is 14.9 Å². The largest absolute Gasteiger partial charge is 0.350 e. The average Bonchev–Trinajstić information content (AvgIpc) is 2.36. The number of hydrogen-bond acceptors (Lipinski definition) is 5. The number of nitro benzene ring substituents is 1. The van der Waals surface area contributed by atoms with Gasteiger partial charge < -0.3 is 5.32 Å². The van der Waals surface area contributed by atoms with Gasteiger partial charge in [-0.2, -0.15) is 4.39 Å². The molecule has 1 unspecified atom stereocenters. The summed E-state index contributed by atoms with van der Waals surface area (Å²) in [5, 5.41) is 13.2. The van der Waals surface area contributed by atoms with Crippen LogP contribution in [0, 0.1) is 15.9 Å². The van der Waals surface area contributed by atoms with Gasteiger partial charge in [-0.15, -0.1) is 0 Å². The first-order chi connectivity index (χ1) is 9.57. The molecular weight excluding hydrogens is 327 g/mol. The number of carbonyl (C=O) groups excluding carboxylic acids is 1. The minimum atomic E-state index is -4.57. The highest BCUT2D eigenvalue weighted by Crippen LogP contribution is 2.28. The van der Waals surface area contributed by atoms with E-state index in [-0.39, 0.29) is 11.6 Å². The Morgan fingerprint density at radius 1 is 1.52 bits per heavy atom. The molecule has 1 aromatic rings. The van der Waals surface area contributed by atoms with E-state index in [4.69, 9.17) is 10.7 Å². The van der Waals surface area contributed by atoms with Crippen LogP contribution in [0.25, 0.3) is 0 Å². The molecule has 0 aliphatic rings. The van der Waals surface area contributed by atoms with Gasteiger partial charge in [0.1, 0.15) is 4.90 Å². The van der Waals surface area contributed by atoms with Gasteiger partial charge in [0.25, 0.3) is 15.0 Å². The Morgan fingerprint density at radius 3 is 2.52 bits per heavy atom. The zero-order chi connectivity index (χ0) is 16.4. The van der Waals surface area contributed by atoms with Crippen LogP contribution >= 0.6 is 10.7 Å². The van der Waals surface area contributed by atoms with E-state index >= 15 is 0 Å². The molecule has 1 rings (SSSR count). The number of amides is 1. The standard InChI is InChI=1S/C11H12ClFN2O5S/c1-3-6(2)14-11(16)7-4-8(15(17)18)10(13)9(5-7)21(12,19)20/h4-6H,3H2,1-2H3,(H,14,16). The fraction of sp³-hybridized carbons (Fsp3) is 0.364. The highest BCUT2D eigenvalue weighted by Gasteiger charge is 2.28. The summed E-state index contributed by atoms with van der Waals surface area (Å²) in [4.78, 5) is 20.4. The molecule has 1 atom stereocenters. The van der Waals surface area contributed by atoms with Crippen molar-refractivity contribution in [2.24, 2.45) is 0 Å². The predicted octanol–water partition coefficient (Wildman–Crippen LogP) is 2.19. The van der Waals surface area contributed by atoms with Gasteiger partial charge in [0.05, 0.1) is 4.92 Å². The van der Waals surface area contributed by atoms with Gasteiger partial charge >= 0.3 is 5.69 Å². The molecule has 10 heteroatoms. The molecule has 0 bridgehead atoms. The second kappa shape index (κ2) is 6.35. The summed E-state index contributed by atoms with van der Waals surface area (Å²) in [6.45, 7) is 3.49. The number of hydrogen-bond donors (Lipinski definition) is 1. The van der Waals surface area contributed by atoms with Crippen LogP contribution in [-0.2, 0) is 9.05 Å². The molecule has 0 aromatic heterocycles. The number of carbonyl (C=O) groups is 1. The van der Waals surface area contributed by atoms with Crippen LogP contribution in [0.4, 0.5) is 10.1 Å². The summed E-state index contributed by atoms with van der Waals surface area (Å²) < 4.78 is 36.3. The predicted molar refractivity (Wildman–Crippen MR) is 73.3 cm³/mol. The van der Waals surface area contributed by atoms with Crippen molar-refractivity contribution < 1.29 is 22.5 Å². The van der Waals surface area contributed by atoms with Crippen LogP contribution in [0.3, 0.4) is 0 Å². The topological polar surface area (TPSA) is 106 Å². The van der Waals surface area contributed by atoms with Crippen LogP contribution in [-0.4, -0.2) is 25.3 Å². The average molecular weight is 339 g/mol. The lowest BCUT2D eigenvalue weighted by atomic mass is 10.1. The summed E-state index contributed by atoms with van der Waals surface area (Å²) in [5.41, 5.74) is -1.49. The van der Waals surface area contributed by atoms with Crippen molar-refractivity contribution in [3.63, 3.8) is 0 Å². The van der Waals surface area contributed by atoms with Gasteiger partial charge in [-0.05, 0) is 19.4 Å². The molecule has 0 saturated carbocycles. The van der Waals surface area contributed by atoms with Crippen LogP contribution < -0.4 is 5.32 Å². The van der Waals surface area contributed by atoms with Crippen molar-refractivity contribution >= 4 is 31.3 Å². The highest BCUT2D eigenvalue weighted by atomic mass is 35.7. The maximum atomic E-state index is 13.8. The quantitative estimate of drug-likeness (QED) is 0.503. The lowest BCUT2D eigenvalue weighted by Gasteiger charge is -2.12. The van der Waals surface area contributed by atoms with E-state index in [0.29, 0.717) is 18.6 Å². The summed E-state index contributed by atoms with van der Waals surface area (Å²) >= 11 is 0. The second-order valence-electron chi connectivity index (χ2n) is 4.29. The molecule has 0 fully saturated rings. The number of nitrogens with one attached hydrogen (secondary N) is 1. The Balaban J connectivity index is 3.45. The molecule has 1 N–H and O–H groups in total. The maximum absolute atomic E-state index is 13.8. The van der Waals surface area contributed by atoms with Gasteiger partial charge in [-0.25, -0.2) is 8.42 Å². The van der Waals surface area contributed by atoms with Crippen molar-refractivity contribution in [1.82, 2.24) is 5.32 Å². The third-order valence-electron chi connectivity index (χ3n) is 2.73. The number of halogens is 2. The van der Waals surface area contributed by atoms with Gasteiger partial charge in [-0.1, -0.05) is 6.92 Å². The summed E-state index contributed by atoms with van der Waals surface area (Å²) in [5.74, 6) is -2.36. The number of nitro groups is 1. The normalized spacial score (nSPS) is 12.8. The number of nitrogens with zero attached hydrogens (tertiary/aromatic N) is 1. The second-order valence-corrected chi connectivity index (χ2v) is 6.82. The van der Waals surface area contributed by atoms with E-state index < -0.39 is 36.3 Å². The van der Waals surface area contributed by atoms with Crippen LogP contribution in [0.2, 0.25) is 0 Å². The first kappa shape index (κ1) is 17.3. The lowest BCUT2D eigenvalue weighted by molar-refractivity contribution is -0.387. The summed E-state index contributed by atoms with van der Waals surface area (Å²) in [6.07, 6.45) is 0.593. The van der Waals surface area contributed by atoms with E-state index in [2.05, 4.69) is 5.32 Å². The molecule has 0 aliphatic carbocycles. The third-order valence-corrected chi connectivity index (χ3v) is 4.05. The van der Waals surface area contributed by atoms with Crippen LogP contribution in [0.5, 0.6) is 0 Å². The number of benzene rings is 1. The van der Waals surface area contributed by atoms with Gasteiger partial charge in [0.2, 0.25) is 5.82 Å². The molecule has 1 aromatic carbocycles. The molecule has 1 amide bonds. The molecule has 0 heterocycles. The zero-order valence-electron chi connectivity index (χ0n) is 11.1. The van der Waals surface area contributed by atoms with E-state index in [1.54, 1.807) is 13.8 Å². The van der Waals surface area contributed by atoms with Gasteiger partial charge in [0.15, 0.2) is 0 Å². The Hall–Kier alpha value is -1.74. The fourth-order valence-corrected chi connectivity index (χ4v) is 2.36. The molecule has 7 nitrogen and oxygen atoms in total. The molecule has 21 heavy (non-hydrogen) atoms. The first-order valence-electron chi connectivity index (χ1n) is 5.81. The molecule has 0 spiro atoms. The third kappa shape index (κ3) is 4.11. The molecule has 116 valence electrons. The monoisotopic (exact) mass is 338 g/mol. The minimum absolute atomic E-state index is 0.238. The van der Waals surface area contributed by atoms with Crippen LogP contribution in [0.1, 0.15) is 30.6 Å². The van der Waals surface area contributed by atoms with E-state index in [9.17, 15) is 27.7 Å². The molecule has 0 radical (unpaired) electrons. The van der Waals surface area contributed by atoms with Crippen molar-refractivity contribution in [1.29, 1.82) is 0 Å². The van der Waals surface area contributed by atoms with Crippen molar-refractivity contribution in [2.75, 3.05) is 0 Å². The number of rotatable bonds is 5. The Morgan fingerprint density at radius 2 is 2.10 bits per heavy atom. The van der Waals surface area contributed by atoms with Crippen molar-refractivity contribution in [3.05, 3.63) is 33.6 Å². The Labute approximate surface area is 124 Å². The Kier molecular flexibility index (Phi) is 5.24. The zero-order valence-corrected chi connectivity index (χ0v) is 12.7. The Bertz CT molecular complexity index is 692. The maximum Gasteiger partial charge on any atom is 0.307 e. The lowest BCUT2D eigenvalue weighted by Crippen LogP contribution is -2.32.